The summed E-state index contributed by atoms with van der Waals surface area (Å²) in [6.45, 7) is 0. The number of rotatable bonds is 5. The Bertz CT molecular complexity index is 2150. The molecule has 0 atom stereocenters. The predicted molar refractivity (Wildman–Crippen MR) is 173 cm³/mol. The average Bonchev–Trinajstić information content (AvgIpc) is 3.40. The molecule has 0 unspecified atom stereocenters. The van der Waals surface area contributed by atoms with Gasteiger partial charge >= 0.3 is 7.12 Å². The molecule has 7 aromatic rings. The highest BCUT2D eigenvalue weighted by Crippen LogP contribution is 2.48. The van der Waals surface area contributed by atoms with Gasteiger partial charge in [0.05, 0.1) is 0 Å². The zero-order valence-electron chi connectivity index (χ0n) is 23.0. The molecule has 1 aliphatic carbocycles. The molecular formula is C37H24BN3O2. The summed E-state index contributed by atoms with van der Waals surface area (Å²) in [7, 11) is -1.53. The second kappa shape index (κ2) is 10.1. The minimum Gasteiger partial charge on any atom is -0.423 e. The summed E-state index contributed by atoms with van der Waals surface area (Å²) < 4.78 is 0. The smallest absolute Gasteiger partial charge is 0.423 e. The van der Waals surface area contributed by atoms with Crippen molar-refractivity contribution >= 4 is 23.4 Å². The van der Waals surface area contributed by atoms with Crippen LogP contribution in [-0.2, 0) is 0 Å². The van der Waals surface area contributed by atoms with Crippen LogP contribution in [0.3, 0.4) is 0 Å². The van der Waals surface area contributed by atoms with E-state index in [9.17, 15) is 10.0 Å². The molecule has 43 heavy (non-hydrogen) atoms. The summed E-state index contributed by atoms with van der Waals surface area (Å²) in [5.74, 6) is 1.78. The van der Waals surface area contributed by atoms with Gasteiger partial charge in [0.2, 0.25) is 0 Å². The molecule has 1 aromatic heterocycles. The van der Waals surface area contributed by atoms with Crippen LogP contribution in [0.4, 0.5) is 0 Å². The van der Waals surface area contributed by atoms with E-state index in [0.29, 0.717) is 22.9 Å². The second-order valence-electron chi connectivity index (χ2n) is 10.7. The fourth-order valence-electron chi connectivity index (χ4n) is 6.06. The van der Waals surface area contributed by atoms with Crippen LogP contribution in [0.1, 0.15) is 0 Å². The molecule has 0 saturated carbocycles. The van der Waals surface area contributed by atoms with Gasteiger partial charge in [-0.05, 0) is 61.7 Å². The first-order chi connectivity index (χ1) is 21.1. The lowest BCUT2D eigenvalue weighted by molar-refractivity contribution is 0.426. The molecule has 0 amide bonds. The quantitative estimate of drug-likeness (QED) is 0.224. The largest absolute Gasteiger partial charge is 0.488 e. The van der Waals surface area contributed by atoms with Gasteiger partial charge in [0.25, 0.3) is 0 Å². The lowest BCUT2D eigenvalue weighted by Gasteiger charge is -2.12. The van der Waals surface area contributed by atoms with Crippen LogP contribution in [-0.4, -0.2) is 32.1 Å². The van der Waals surface area contributed by atoms with Gasteiger partial charge < -0.3 is 10.0 Å². The second-order valence-corrected chi connectivity index (χ2v) is 10.7. The van der Waals surface area contributed by atoms with E-state index < -0.39 is 7.12 Å². The van der Waals surface area contributed by atoms with Crippen LogP contribution < -0.4 is 5.46 Å². The van der Waals surface area contributed by atoms with Gasteiger partial charge in [-0.2, -0.15) is 0 Å². The maximum absolute atomic E-state index is 9.70. The minimum absolute atomic E-state index is 0.436. The summed E-state index contributed by atoms with van der Waals surface area (Å²) in [6.07, 6.45) is 0. The van der Waals surface area contributed by atoms with E-state index in [1.54, 1.807) is 12.1 Å². The molecule has 6 aromatic carbocycles. The zero-order valence-corrected chi connectivity index (χ0v) is 23.0. The van der Waals surface area contributed by atoms with E-state index >= 15 is 0 Å². The van der Waals surface area contributed by atoms with E-state index in [1.807, 2.05) is 66.7 Å². The monoisotopic (exact) mass is 553 g/mol. The Kier molecular flexibility index (Phi) is 5.96. The van der Waals surface area contributed by atoms with Gasteiger partial charge in [-0.3, -0.25) is 0 Å². The van der Waals surface area contributed by atoms with Crippen molar-refractivity contribution in [2.24, 2.45) is 0 Å². The number of hydrogen-bond acceptors (Lipinski definition) is 5. The Morgan fingerprint density at radius 2 is 0.930 bits per heavy atom. The molecule has 0 aliphatic heterocycles. The maximum atomic E-state index is 9.70. The van der Waals surface area contributed by atoms with Crippen molar-refractivity contribution in [1.82, 2.24) is 15.0 Å². The molecule has 1 aliphatic rings. The van der Waals surface area contributed by atoms with Crippen molar-refractivity contribution in [3.8, 4) is 67.5 Å². The number of aromatic nitrogens is 3. The Morgan fingerprint density at radius 3 is 1.70 bits per heavy atom. The van der Waals surface area contributed by atoms with E-state index in [1.165, 1.54) is 27.6 Å². The summed E-state index contributed by atoms with van der Waals surface area (Å²) in [5.41, 5.74) is 9.88. The van der Waals surface area contributed by atoms with Crippen molar-refractivity contribution in [1.29, 1.82) is 0 Å². The van der Waals surface area contributed by atoms with Crippen LogP contribution in [0, 0.1) is 0 Å². The Morgan fingerprint density at radius 1 is 0.395 bits per heavy atom. The average molecular weight is 553 g/mol. The summed E-state index contributed by atoms with van der Waals surface area (Å²) in [4.78, 5) is 15.0. The van der Waals surface area contributed by atoms with Crippen molar-refractivity contribution in [3.63, 3.8) is 0 Å². The fraction of sp³-hybridized carbons (Fsp3) is 0. The SMILES string of the molecule is OB(O)c1cccc(-c2cccc(-c3nc(-c4ccccc4)nc(-c4ccc5c6c(cccc46)-c4ccccc4-5)n3)c2)c1. The molecule has 0 spiro atoms. The predicted octanol–water partition coefficient (Wildman–Crippen LogP) is 7.02. The zero-order chi connectivity index (χ0) is 28.9. The van der Waals surface area contributed by atoms with E-state index in [-0.39, 0.29) is 0 Å². The Hall–Kier alpha value is -5.43. The highest BCUT2D eigenvalue weighted by Gasteiger charge is 2.23. The summed E-state index contributed by atoms with van der Waals surface area (Å²) >= 11 is 0. The lowest BCUT2D eigenvalue weighted by Crippen LogP contribution is -2.29. The van der Waals surface area contributed by atoms with Gasteiger partial charge in [0, 0.05) is 16.7 Å². The molecule has 2 N–H and O–H groups in total. The minimum atomic E-state index is -1.53. The van der Waals surface area contributed by atoms with E-state index in [4.69, 9.17) is 15.0 Å². The molecule has 1 heterocycles. The van der Waals surface area contributed by atoms with Gasteiger partial charge in [-0.25, -0.2) is 15.0 Å². The van der Waals surface area contributed by atoms with Crippen LogP contribution in [0.5, 0.6) is 0 Å². The highest BCUT2D eigenvalue weighted by molar-refractivity contribution is 6.58. The topological polar surface area (TPSA) is 79.1 Å². The van der Waals surface area contributed by atoms with Crippen molar-refractivity contribution < 1.29 is 10.0 Å². The molecule has 0 bridgehead atoms. The number of hydrogen-bond donors (Lipinski definition) is 2. The van der Waals surface area contributed by atoms with Crippen molar-refractivity contribution in [2.45, 2.75) is 0 Å². The van der Waals surface area contributed by atoms with Gasteiger partial charge in [0.15, 0.2) is 17.5 Å². The molecule has 0 radical (unpaired) electrons. The van der Waals surface area contributed by atoms with Crippen molar-refractivity contribution in [2.75, 3.05) is 0 Å². The molecule has 6 heteroatoms. The number of benzene rings is 6. The first-order valence-electron chi connectivity index (χ1n) is 14.2. The normalized spacial score (nSPS) is 11.5. The third-order valence-corrected chi connectivity index (χ3v) is 8.10. The summed E-state index contributed by atoms with van der Waals surface area (Å²) in [6, 6.07) is 44.5. The van der Waals surface area contributed by atoms with Crippen molar-refractivity contribution in [3.05, 3.63) is 133 Å². The fourth-order valence-corrected chi connectivity index (χ4v) is 6.06. The lowest BCUT2D eigenvalue weighted by atomic mass is 9.79. The molecule has 202 valence electrons. The van der Waals surface area contributed by atoms with E-state index in [2.05, 4.69) is 54.6 Å². The van der Waals surface area contributed by atoms with Gasteiger partial charge in [-0.1, -0.05) is 121 Å². The highest BCUT2D eigenvalue weighted by atomic mass is 16.4. The number of nitrogens with zero attached hydrogens (tertiary/aromatic N) is 3. The van der Waals surface area contributed by atoms with E-state index in [0.717, 1.165) is 33.2 Å². The Labute approximate surface area is 249 Å². The maximum Gasteiger partial charge on any atom is 0.488 e. The van der Waals surface area contributed by atoms with Gasteiger partial charge in [-0.15, -0.1) is 0 Å². The van der Waals surface area contributed by atoms with Crippen LogP contribution in [0.25, 0.3) is 78.3 Å². The summed E-state index contributed by atoms with van der Waals surface area (Å²) in [5, 5.41) is 21.7. The third kappa shape index (κ3) is 4.32. The molecule has 8 rings (SSSR count). The first-order valence-corrected chi connectivity index (χ1v) is 14.2. The molecular weight excluding hydrogens is 529 g/mol. The third-order valence-electron chi connectivity index (χ3n) is 8.10. The molecule has 0 saturated heterocycles. The van der Waals surface area contributed by atoms with Crippen LogP contribution in [0.2, 0.25) is 0 Å². The number of fused-ring (bicyclic) bond motifs is 3. The van der Waals surface area contributed by atoms with Crippen LogP contribution in [0.15, 0.2) is 133 Å². The Balaban J connectivity index is 1.32. The molecule has 5 nitrogen and oxygen atoms in total. The van der Waals surface area contributed by atoms with Crippen LogP contribution >= 0.6 is 0 Å². The standard InChI is InChI=1S/C37H24BN3O2/c42-38(43)27-14-7-12-25(22-27)24-11-6-13-26(21-24)36-39-35(23-9-2-1-3-10-23)40-37(41-36)33-20-19-32-29-16-5-4-15-28(29)30-17-8-18-31(33)34(30)32/h1-22,42-43H. The first kappa shape index (κ1) is 25.3. The van der Waals surface area contributed by atoms with Gasteiger partial charge in [0.1, 0.15) is 0 Å². The molecule has 0 fully saturated rings.